The molecule has 0 aliphatic carbocycles. The van der Waals surface area contributed by atoms with E-state index in [0.29, 0.717) is 5.39 Å². The Morgan fingerprint density at radius 3 is 2.50 bits per heavy atom. The van der Waals surface area contributed by atoms with Gasteiger partial charge in [0, 0.05) is 50.8 Å². The van der Waals surface area contributed by atoms with Crippen molar-refractivity contribution in [3.8, 4) is 0 Å². The molecule has 2 aromatic carbocycles. The lowest BCUT2D eigenvalue weighted by atomic mass is 10.0. The Labute approximate surface area is 204 Å². The highest BCUT2D eigenvalue weighted by Crippen LogP contribution is 2.27. The highest BCUT2D eigenvalue weighted by atomic mass is 79.9. The van der Waals surface area contributed by atoms with E-state index in [2.05, 4.69) is 36.5 Å². The van der Waals surface area contributed by atoms with Crippen LogP contribution in [0, 0.1) is 0 Å². The fourth-order valence-corrected chi connectivity index (χ4v) is 4.11. The van der Waals surface area contributed by atoms with Crippen LogP contribution in [0.5, 0.6) is 0 Å². The lowest BCUT2D eigenvalue weighted by Crippen LogP contribution is -2.42. The molecule has 0 aliphatic heterocycles. The minimum Gasteiger partial charge on any atom is -0.444 e. The first-order valence-corrected chi connectivity index (χ1v) is 11.6. The molecule has 176 valence electrons. The maximum atomic E-state index is 13.0. The van der Waals surface area contributed by atoms with Crippen molar-refractivity contribution in [2.45, 2.75) is 32.4 Å². The number of ketones is 1. The lowest BCUT2D eigenvalue weighted by molar-refractivity contribution is -0.117. The first kappa shape index (κ1) is 23.6. The molecule has 2 amide bonds. The number of aromatic nitrogens is 2. The summed E-state index contributed by atoms with van der Waals surface area (Å²) in [6.45, 7) is 5.33. The molecule has 2 aromatic heterocycles. The molecule has 1 atom stereocenters. The number of alkyl carbamates (subject to hydrolysis) is 1. The van der Waals surface area contributed by atoms with Gasteiger partial charge in [0.15, 0.2) is 0 Å². The largest absolute Gasteiger partial charge is 0.444 e. The van der Waals surface area contributed by atoms with Gasteiger partial charge in [-0.3, -0.25) is 9.59 Å². The molecule has 0 saturated heterocycles. The van der Waals surface area contributed by atoms with E-state index in [9.17, 15) is 14.4 Å². The second-order valence-electron chi connectivity index (χ2n) is 8.92. The predicted molar refractivity (Wildman–Crippen MR) is 134 cm³/mol. The summed E-state index contributed by atoms with van der Waals surface area (Å²) in [6, 6.07) is 12.3. The van der Waals surface area contributed by atoms with Crippen LogP contribution in [0.15, 0.2) is 59.3 Å². The lowest BCUT2D eigenvalue weighted by Gasteiger charge is -2.22. The smallest absolute Gasteiger partial charge is 0.407 e. The van der Waals surface area contributed by atoms with Crippen molar-refractivity contribution in [3.63, 3.8) is 0 Å². The van der Waals surface area contributed by atoms with Crippen LogP contribution in [0.25, 0.3) is 21.8 Å². The van der Waals surface area contributed by atoms with E-state index in [4.69, 9.17) is 4.74 Å². The molecule has 4 rings (SSSR count). The topological polar surface area (TPSA) is 116 Å². The molecular formula is C25H25BrN4O4. The number of aromatic amines is 2. The van der Waals surface area contributed by atoms with Crippen LogP contribution < -0.4 is 10.6 Å². The molecule has 0 radical (unpaired) electrons. The average molecular weight is 525 g/mol. The molecule has 2 heterocycles. The van der Waals surface area contributed by atoms with Gasteiger partial charge in [0.2, 0.25) is 0 Å². The Bertz CT molecular complexity index is 1380. The fourth-order valence-electron chi connectivity index (χ4n) is 3.75. The molecule has 0 saturated carbocycles. The van der Waals surface area contributed by atoms with Crippen molar-refractivity contribution in [1.29, 1.82) is 0 Å². The van der Waals surface area contributed by atoms with Crippen molar-refractivity contribution in [2.24, 2.45) is 0 Å². The monoisotopic (exact) mass is 524 g/mol. The minimum atomic E-state index is -0.771. The van der Waals surface area contributed by atoms with E-state index in [1.165, 1.54) is 6.20 Å². The van der Waals surface area contributed by atoms with Gasteiger partial charge in [-0.2, -0.15) is 0 Å². The third-order valence-corrected chi connectivity index (χ3v) is 5.74. The molecule has 34 heavy (non-hydrogen) atoms. The number of rotatable bonds is 6. The quantitative estimate of drug-likeness (QED) is 0.210. The van der Waals surface area contributed by atoms with Gasteiger partial charge in [-0.1, -0.05) is 40.2 Å². The third kappa shape index (κ3) is 5.14. The summed E-state index contributed by atoms with van der Waals surface area (Å²) in [7, 11) is 0. The van der Waals surface area contributed by atoms with E-state index < -0.39 is 29.4 Å². The van der Waals surface area contributed by atoms with Crippen molar-refractivity contribution < 1.29 is 19.1 Å². The van der Waals surface area contributed by atoms with Crippen LogP contribution in [0.3, 0.4) is 0 Å². The normalized spacial score (nSPS) is 12.5. The van der Waals surface area contributed by atoms with Crippen molar-refractivity contribution in [2.75, 3.05) is 6.54 Å². The molecule has 4 aromatic rings. The number of H-pyrrole nitrogens is 2. The van der Waals surface area contributed by atoms with Crippen LogP contribution in [0.2, 0.25) is 0 Å². The minimum absolute atomic E-state index is 0.0326. The first-order valence-electron chi connectivity index (χ1n) is 10.8. The highest BCUT2D eigenvalue weighted by Gasteiger charge is 2.26. The van der Waals surface area contributed by atoms with Gasteiger partial charge in [-0.25, -0.2) is 4.79 Å². The van der Waals surface area contributed by atoms with Gasteiger partial charge >= 0.3 is 6.09 Å². The molecule has 4 N–H and O–H groups in total. The molecule has 0 aliphatic rings. The van der Waals surface area contributed by atoms with Crippen LogP contribution in [-0.4, -0.2) is 39.9 Å². The van der Waals surface area contributed by atoms with E-state index in [-0.39, 0.29) is 12.1 Å². The number of para-hydroxylation sites is 1. The third-order valence-electron chi connectivity index (χ3n) is 5.25. The maximum absolute atomic E-state index is 13.0. The number of hydrogen-bond acceptors (Lipinski definition) is 4. The van der Waals surface area contributed by atoms with Crippen molar-refractivity contribution >= 4 is 55.5 Å². The number of amides is 2. The number of carbonyl (C=O) groups excluding carboxylic acids is 3. The summed E-state index contributed by atoms with van der Waals surface area (Å²) in [5.74, 6) is -1.44. The molecular weight excluding hydrogens is 500 g/mol. The first-order chi connectivity index (χ1) is 16.1. The van der Waals surface area contributed by atoms with Gasteiger partial charge < -0.3 is 25.3 Å². The van der Waals surface area contributed by atoms with Crippen LogP contribution >= 0.6 is 15.9 Å². The van der Waals surface area contributed by atoms with E-state index >= 15 is 0 Å². The summed E-state index contributed by atoms with van der Waals surface area (Å²) < 4.78 is 6.22. The highest BCUT2D eigenvalue weighted by molar-refractivity contribution is 9.10. The van der Waals surface area contributed by atoms with Crippen molar-refractivity contribution in [1.82, 2.24) is 20.6 Å². The Balaban J connectivity index is 1.60. The maximum Gasteiger partial charge on any atom is 0.407 e. The SMILES string of the molecule is CC(C)(C)OC(=O)NCC(NC(=O)C(=O)c1c[nH]c2ccccc12)c1c[nH]c2cc(Br)ccc12. The van der Waals surface area contributed by atoms with Gasteiger partial charge in [0.25, 0.3) is 11.7 Å². The molecule has 0 fully saturated rings. The number of benzene rings is 2. The summed E-state index contributed by atoms with van der Waals surface area (Å²) in [5.41, 5.74) is 1.97. The standard InChI is InChI=1S/C25H25BrN4O4/c1-25(2,3)34-24(33)29-13-21(17-11-28-20-10-14(26)8-9-16(17)20)30-23(32)22(31)18-12-27-19-7-5-4-6-15(18)19/h4-12,21,27-28H,13H2,1-3H3,(H,29,33)(H,30,32). The number of fused-ring (bicyclic) bond motifs is 2. The van der Waals surface area contributed by atoms with Crippen molar-refractivity contribution in [3.05, 3.63) is 70.5 Å². The molecule has 1 unspecified atom stereocenters. The van der Waals surface area contributed by atoms with Crippen LogP contribution in [0.1, 0.15) is 42.7 Å². The number of ether oxygens (including phenoxy) is 1. The van der Waals surface area contributed by atoms with Crippen LogP contribution in [-0.2, 0) is 9.53 Å². The molecule has 8 nitrogen and oxygen atoms in total. The number of hydrogen-bond donors (Lipinski definition) is 4. The van der Waals surface area contributed by atoms with E-state index in [1.54, 1.807) is 33.0 Å². The van der Waals surface area contributed by atoms with Crippen LogP contribution in [0.4, 0.5) is 4.79 Å². The van der Waals surface area contributed by atoms with Gasteiger partial charge in [-0.05, 0) is 39.0 Å². The van der Waals surface area contributed by atoms with Gasteiger partial charge in [-0.15, -0.1) is 0 Å². The Hall–Kier alpha value is -3.59. The summed E-state index contributed by atoms with van der Waals surface area (Å²) >= 11 is 3.45. The average Bonchev–Trinajstić information content (AvgIpc) is 3.38. The molecule has 0 spiro atoms. The second kappa shape index (κ2) is 9.34. The number of Topliss-reactive ketones (excluding diaryl/α,β-unsaturated/α-hetero) is 1. The number of carbonyl (C=O) groups is 3. The summed E-state index contributed by atoms with van der Waals surface area (Å²) in [5, 5.41) is 7.02. The fraction of sp³-hybridized carbons (Fsp3) is 0.240. The van der Waals surface area contributed by atoms with Gasteiger partial charge in [0.1, 0.15) is 5.60 Å². The molecule has 0 bridgehead atoms. The zero-order valence-corrected chi connectivity index (χ0v) is 20.6. The number of halogens is 1. The zero-order valence-electron chi connectivity index (χ0n) is 19.0. The molecule has 9 heteroatoms. The zero-order chi connectivity index (χ0) is 24.5. The van der Waals surface area contributed by atoms with Gasteiger partial charge in [0.05, 0.1) is 11.6 Å². The summed E-state index contributed by atoms with van der Waals surface area (Å²) in [6.07, 6.45) is 2.68. The Morgan fingerprint density at radius 2 is 1.74 bits per heavy atom. The van der Waals surface area contributed by atoms with E-state index in [1.807, 2.05) is 36.4 Å². The Kier molecular flexibility index (Phi) is 6.47. The number of nitrogens with one attached hydrogen (secondary N) is 4. The van der Waals surface area contributed by atoms with E-state index in [0.717, 1.165) is 26.5 Å². The summed E-state index contributed by atoms with van der Waals surface area (Å²) in [4.78, 5) is 44.5. The Morgan fingerprint density at radius 1 is 1.00 bits per heavy atom. The second-order valence-corrected chi connectivity index (χ2v) is 9.84. The predicted octanol–water partition coefficient (Wildman–Crippen LogP) is 4.98.